The van der Waals surface area contributed by atoms with Gasteiger partial charge in [-0.1, -0.05) is 6.07 Å². The molecule has 1 fully saturated rings. The SMILES string of the molecule is COc1ccc(C(=O)N[C@@H]2COCC[C@@H]2OCc2ccccn2)cn1. The first-order chi connectivity index (χ1) is 12.3. The summed E-state index contributed by atoms with van der Waals surface area (Å²) in [5, 5.41) is 2.97. The Morgan fingerprint density at radius 1 is 1.32 bits per heavy atom. The topological polar surface area (TPSA) is 82.6 Å². The van der Waals surface area contributed by atoms with Gasteiger partial charge in [0.15, 0.2) is 0 Å². The van der Waals surface area contributed by atoms with E-state index in [1.54, 1.807) is 18.3 Å². The number of ether oxygens (including phenoxy) is 3. The molecule has 2 aromatic heterocycles. The second-order valence-corrected chi connectivity index (χ2v) is 5.70. The van der Waals surface area contributed by atoms with Crippen LogP contribution >= 0.6 is 0 Å². The van der Waals surface area contributed by atoms with Gasteiger partial charge in [0.05, 0.1) is 43.7 Å². The molecule has 25 heavy (non-hydrogen) atoms. The van der Waals surface area contributed by atoms with Gasteiger partial charge in [-0.2, -0.15) is 0 Å². The van der Waals surface area contributed by atoms with Crippen LogP contribution in [-0.4, -0.2) is 48.3 Å². The van der Waals surface area contributed by atoms with Gasteiger partial charge in [-0.15, -0.1) is 0 Å². The van der Waals surface area contributed by atoms with Gasteiger partial charge in [-0.05, 0) is 24.6 Å². The Morgan fingerprint density at radius 3 is 2.96 bits per heavy atom. The number of methoxy groups -OCH3 is 1. The number of amides is 1. The molecule has 2 atom stereocenters. The van der Waals surface area contributed by atoms with E-state index in [4.69, 9.17) is 14.2 Å². The molecule has 0 aliphatic carbocycles. The number of carbonyl (C=O) groups is 1. The summed E-state index contributed by atoms with van der Waals surface area (Å²) < 4.78 is 16.5. The van der Waals surface area contributed by atoms with Crippen molar-refractivity contribution in [3.63, 3.8) is 0 Å². The lowest BCUT2D eigenvalue weighted by Crippen LogP contribution is -2.50. The van der Waals surface area contributed by atoms with Crippen LogP contribution in [-0.2, 0) is 16.1 Å². The second kappa shape index (κ2) is 8.55. The van der Waals surface area contributed by atoms with Gasteiger partial charge in [-0.3, -0.25) is 9.78 Å². The van der Waals surface area contributed by atoms with Crippen molar-refractivity contribution in [2.24, 2.45) is 0 Å². The van der Waals surface area contributed by atoms with E-state index in [1.807, 2.05) is 18.2 Å². The van der Waals surface area contributed by atoms with Crippen molar-refractivity contribution in [2.75, 3.05) is 20.3 Å². The number of rotatable bonds is 6. The minimum absolute atomic E-state index is 0.120. The van der Waals surface area contributed by atoms with Crippen LogP contribution in [0.1, 0.15) is 22.5 Å². The molecule has 3 heterocycles. The minimum atomic E-state index is -0.216. The third-order valence-electron chi connectivity index (χ3n) is 3.99. The molecule has 3 rings (SSSR count). The Balaban J connectivity index is 1.59. The second-order valence-electron chi connectivity index (χ2n) is 5.70. The summed E-state index contributed by atoms with van der Waals surface area (Å²) in [6.07, 6.45) is 3.82. The maximum Gasteiger partial charge on any atom is 0.253 e. The Kier molecular flexibility index (Phi) is 5.92. The van der Waals surface area contributed by atoms with E-state index in [9.17, 15) is 4.79 Å². The number of aromatic nitrogens is 2. The Bertz CT molecular complexity index is 678. The Labute approximate surface area is 146 Å². The zero-order chi connectivity index (χ0) is 17.5. The molecule has 2 aromatic rings. The first kappa shape index (κ1) is 17.3. The van der Waals surface area contributed by atoms with Crippen molar-refractivity contribution >= 4 is 5.91 Å². The van der Waals surface area contributed by atoms with E-state index in [-0.39, 0.29) is 18.1 Å². The van der Waals surface area contributed by atoms with Crippen LogP contribution in [0, 0.1) is 0 Å². The van der Waals surface area contributed by atoms with E-state index in [0.717, 1.165) is 12.1 Å². The van der Waals surface area contributed by atoms with Gasteiger partial charge in [0.1, 0.15) is 0 Å². The van der Waals surface area contributed by atoms with Crippen molar-refractivity contribution in [1.29, 1.82) is 0 Å². The molecule has 0 aromatic carbocycles. The largest absolute Gasteiger partial charge is 0.481 e. The van der Waals surface area contributed by atoms with Crippen LogP contribution in [0.5, 0.6) is 5.88 Å². The highest BCUT2D eigenvalue weighted by Gasteiger charge is 2.28. The molecule has 1 saturated heterocycles. The molecular weight excluding hydrogens is 322 g/mol. The molecule has 0 unspecified atom stereocenters. The molecule has 1 aliphatic rings. The summed E-state index contributed by atoms with van der Waals surface area (Å²) in [5.74, 6) is 0.256. The molecule has 1 N–H and O–H groups in total. The van der Waals surface area contributed by atoms with Crippen molar-refractivity contribution in [2.45, 2.75) is 25.2 Å². The van der Waals surface area contributed by atoms with Crippen LogP contribution in [0.2, 0.25) is 0 Å². The maximum atomic E-state index is 12.4. The van der Waals surface area contributed by atoms with Crippen molar-refractivity contribution in [3.05, 3.63) is 54.0 Å². The van der Waals surface area contributed by atoms with Crippen molar-refractivity contribution in [3.8, 4) is 5.88 Å². The maximum absolute atomic E-state index is 12.4. The molecule has 0 bridgehead atoms. The van der Waals surface area contributed by atoms with Crippen LogP contribution < -0.4 is 10.1 Å². The fourth-order valence-corrected chi connectivity index (χ4v) is 2.62. The Hall–Kier alpha value is -2.51. The molecule has 7 nitrogen and oxygen atoms in total. The zero-order valence-electron chi connectivity index (χ0n) is 14.1. The fourth-order valence-electron chi connectivity index (χ4n) is 2.62. The van der Waals surface area contributed by atoms with Gasteiger partial charge in [0.25, 0.3) is 5.91 Å². The summed E-state index contributed by atoms with van der Waals surface area (Å²) in [6.45, 7) is 1.44. The third-order valence-corrected chi connectivity index (χ3v) is 3.99. The first-order valence-electron chi connectivity index (χ1n) is 8.16. The monoisotopic (exact) mass is 343 g/mol. The van der Waals surface area contributed by atoms with Gasteiger partial charge in [0, 0.05) is 25.1 Å². The summed E-state index contributed by atoms with van der Waals surface area (Å²) in [6, 6.07) is 8.81. The molecular formula is C18H21N3O4. The number of pyridine rings is 2. The van der Waals surface area contributed by atoms with E-state index < -0.39 is 0 Å². The van der Waals surface area contributed by atoms with Crippen molar-refractivity contribution in [1.82, 2.24) is 15.3 Å². The van der Waals surface area contributed by atoms with E-state index in [0.29, 0.717) is 31.3 Å². The first-order valence-corrected chi connectivity index (χ1v) is 8.16. The van der Waals surface area contributed by atoms with E-state index >= 15 is 0 Å². The van der Waals surface area contributed by atoms with Crippen molar-refractivity contribution < 1.29 is 19.0 Å². The summed E-state index contributed by atoms with van der Waals surface area (Å²) in [7, 11) is 1.53. The van der Waals surface area contributed by atoms with Crippen LogP contribution in [0.3, 0.4) is 0 Å². The number of hydrogen-bond donors (Lipinski definition) is 1. The fraction of sp³-hybridized carbons (Fsp3) is 0.389. The summed E-state index contributed by atoms with van der Waals surface area (Å²) in [4.78, 5) is 20.7. The number of hydrogen-bond acceptors (Lipinski definition) is 6. The standard InChI is InChI=1S/C18H21N3O4/c1-23-17-6-5-13(10-20-17)18(22)21-15-12-24-9-7-16(15)25-11-14-4-2-3-8-19-14/h2-6,8,10,15-16H,7,9,11-12H2,1H3,(H,21,22)/t15-,16+/m1/s1. The molecule has 7 heteroatoms. The highest BCUT2D eigenvalue weighted by atomic mass is 16.5. The predicted molar refractivity (Wildman–Crippen MR) is 90.3 cm³/mol. The third kappa shape index (κ3) is 4.74. The number of nitrogens with one attached hydrogen (secondary N) is 1. The summed E-state index contributed by atoms with van der Waals surface area (Å²) >= 11 is 0. The highest BCUT2D eigenvalue weighted by molar-refractivity contribution is 5.94. The molecule has 1 aliphatic heterocycles. The predicted octanol–water partition coefficient (Wildman–Crippen LogP) is 1.59. The molecule has 0 spiro atoms. The zero-order valence-corrected chi connectivity index (χ0v) is 14.1. The summed E-state index contributed by atoms with van der Waals surface area (Å²) in [5.41, 5.74) is 1.33. The smallest absolute Gasteiger partial charge is 0.253 e. The highest BCUT2D eigenvalue weighted by Crippen LogP contribution is 2.15. The van der Waals surface area contributed by atoms with E-state index in [1.165, 1.54) is 13.3 Å². The van der Waals surface area contributed by atoms with Gasteiger partial charge in [0.2, 0.25) is 5.88 Å². The van der Waals surface area contributed by atoms with Gasteiger partial charge < -0.3 is 19.5 Å². The molecule has 1 amide bonds. The lowest BCUT2D eigenvalue weighted by molar-refractivity contribution is -0.0612. The van der Waals surface area contributed by atoms with Gasteiger partial charge >= 0.3 is 0 Å². The Morgan fingerprint density at radius 2 is 2.24 bits per heavy atom. The lowest BCUT2D eigenvalue weighted by atomic mass is 10.1. The molecule has 0 saturated carbocycles. The minimum Gasteiger partial charge on any atom is -0.481 e. The van der Waals surface area contributed by atoms with Crippen LogP contribution in [0.15, 0.2) is 42.7 Å². The molecule has 0 radical (unpaired) electrons. The average molecular weight is 343 g/mol. The van der Waals surface area contributed by atoms with Gasteiger partial charge in [-0.25, -0.2) is 4.98 Å². The molecule has 132 valence electrons. The number of nitrogens with zero attached hydrogens (tertiary/aromatic N) is 2. The normalized spacial score (nSPS) is 20.0. The quantitative estimate of drug-likeness (QED) is 0.858. The van der Waals surface area contributed by atoms with Crippen LogP contribution in [0.25, 0.3) is 0 Å². The number of carbonyl (C=O) groups excluding carboxylic acids is 1. The lowest BCUT2D eigenvalue weighted by Gasteiger charge is -2.32. The van der Waals surface area contributed by atoms with Crippen LogP contribution in [0.4, 0.5) is 0 Å². The van der Waals surface area contributed by atoms with E-state index in [2.05, 4.69) is 15.3 Å². The average Bonchev–Trinajstić information content (AvgIpc) is 2.68.